The topological polar surface area (TPSA) is 434 Å². The molecule has 0 saturated carbocycles. The first-order valence-corrected chi connectivity index (χ1v) is 39.4. The zero-order valence-electron chi connectivity index (χ0n) is 73.3. The normalized spacial score (nSPS) is 22.5. The van der Waals surface area contributed by atoms with Crippen molar-refractivity contribution in [2.75, 3.05) is 14.2 Å². The van der Waals surface area contributed by atoms with Gasteiger partial charge in [-0.1, -0.05) is 150 Å². The van der Waals surface area contributed by atoms with E-state index in [1.165, 1.54) is 14.2 Å². The minimum Gasteiger partial charge on any atom is -1.00 e. The Labute approximate surface area is 727 Å². The van der Waals surface area contributed by atoms with Crippen molar-refractivity contribution in [3.63, 3.8) is 0 Å². The van der Waals surface area contributed by atoms with Gasteiger partial charge in [0, 0.05) is 69.9 Å². The second kappa shape index (κ2) is 51.0. The summed E-state index contributed by atoms with van der Waals surface area (Å²) in [5.74, 6) is -4.61. The summed E-state index contributed by atoms with van der Waals surface area (Å²) in [4.78, 5) is 143. The standard InChI is InChI=1S/C22H32N2O5.C21H30N2O5.C17H24N2O3.C16H22N2O3.C10H18O5.B.ClH.Na.H/c1-14-8-6-11-17(24-21(27)29-22(2,3)4)16-10-7-9-15(12-16)13-18(20(26)28-5)23-19(14)25;1-13-7-5-10-16(23-20(27)28-21(2,3)4)15-9-6-8-14(11-15)12-17(19(25)26)22-18(13)24;1-11-5-3-8-14(18)13-7-4-6-12(9-13)10-15(17(21)22-2)19-16(11)20;1-10-4-2-7-13(17)12-6-3-5-11(8-12)9-14(16(20)21)18-15(10)19;1-9(2,3)14-7(11)13-8(12)15-10(4,5)6;;;;/h7,9-10,12,14,17-18H,6,8,11,13H2,1-5H3,(H,23,25)(H,24,27);6,8-9,11,13,16-17H,5,7,10,12H2,1-4H3,(H,22,24)(H,23,27)(H,25,26);4,6-7,9,11,14-15H,3,5,8,10,18H2,1-2H3,(H,19,20);3,5-6,8,10,13-14H,2,4,7,9,17H2,1H3,(H,18,19)(H,20,21);1-6H3;;1H;;/q;;;;;;;+1;-1/t14-,17+,18?;13-,16+,17?;11-,14+,15?;10-,13+,14?;;;;;/m1111...../s1. The molecule has 12 atom stereocenters. The van der Waals surface area contributed by atoms with Crippen molar-refractivity contribution in [2.45, 2.75) is 284 Å². The number of esters is 2. The SMILES string of the molecule is CC(C)(C)OC(=O)OC(=O)OC(C)(C)C.COC(=O)C1Cc2cccc(c2)[C@@H](N)CCC[C@@H](C)C(=O)N1.COC(=O)C1Cc2cccc(c2)[C@@H](NC(=O)OC(C)(C)C)CCC[C@@H](C)C(=O)N1.C[C@@H]1CCC[C@H](N)c2cccc(c2)CC(C(=O)O)NC1=O.C[C@@H]1CCC[C@H](NC(=O)OC(C)(C)C)c2cccc(c2)CC(C(=O)O)NC1=O.Cl.[B].[H-].[Na+]. The molecule has 8 bridgehead atoms. The van der Waals surface area contributed by atoms with Crippen LogP contribution < -0.4 is 72.9 Å². The number of methoxy groups -OCH3 is 2. The second-order valence-electron chi connectivity index (χ2n) is 33.7. The molecule has 649 valence electrons. The molecule has 4 aliphatic rings. The van der Waals surface area contributed by atoms with Crippen LogP contribution in [0.2, 0.25) is 0 Å². The first-order chi connectivity index (χ1) is 53.6. The number of nitrogens with one attached hydrogen (secondary N) is 6. The molecular weight excluding hydrogens is 1550 g/mol. The van der Waals surface area contributed by atoms with Crippen molar-refractivity contribution in [3.8, 4) is 0 Å². The summed E-state index contributed by atoms with van der Waals surface area (Å²) in [6.45, 7) is 28.2. The maximum atomic E-state index is 12.5. The van der Waals surface area contributed by atoms with Crippen LogP contribution in [-0.4, -0.2) is 151 Å². The fourth-order valence-electron chi connectivity index (χ4n) is 12.6. The van der Waals surface area contributed by atoms with Crippen LogP contribution in [0.4, 0.5) is 19.2 Å². The number of carboxylic acid groups (broad SMARTS) is 2. The fourth-order valence-corrected chi connectivity index (χ4v) is 12.6. The first kappa shape index (κ1) is 107. The average Bonchev–Trinajstić information content (AvgIpc) is 0.851. The van der Waals surface area contributed by atoms with Crippen molar-refractivity contribution >= 4 is 92.8 Å². The van der Waals surface area contributed by atoms with Crippen LogP contribution in [0.25, 0.3) is 0 Å². The first-order valence-electron chi connectivity index (χ1n) is 39.4. The third kappa shape index (κ3) is 41.2. The Morgan fingerprint density at radius 1 is 0.398 bits per heavy atom. The van der Waals surface area contributed by atoms with Crippen molar-refractivity contribution in [3.05, 3.63) is 142 Å². The van der Waals surface area contributed by atoms with Crippen LogP contribution in [0, 0.1) is 23.7 Å². The average molecular weight is 1680 g/mol. The van der Waals surface area contributed by atoms with Gasteiger partial charge in [0.25, 0.3) is 0 Å². The fraction of sp³-hybridized carbons (Fsp3) is 0.581. The summed E-state index contributed by atoms with van der Waals surface area (Å²) in [5.41, 5.74) is 17.3. The van der Waals surface area contributed by atoms with Gasteiger partial charge in [0.15, 0.2) is 0 Å². The number of rotatable bonds is 6. The zero-order chi connectivity index (χ0) is 86.3. The molecule has 3 radical (unpaired) electrons. The van der Waals surface area contributed by atoms with Gasteiger partial charge in [-0.2, -0.15) is 0 Å². The van der Waals surface area contributed by atoms with Gasteiger partial charge in [0.05, 0.1) is 26.3 Å². The summed E-state index contributed by atoms with van der Waals surface area (Å²) in [6.07, 6.45) is 6.98. The number of aliphatic carboxylic acids is 2. The van der Waals surface area contributed by atoms with E-state index in [0.717, 1.165) is 83.0 Å². The Kier molecular flexibility index (Phi) is 46.3. The van der Waals surface area contributed by atoms with E-state index in [2.05, 4.69) is 36.6 Å². The van der Waals surface area contributed by atoms with E-state index in [-0.39, 0.29) is 136 Å². The van der Waals surface area contributed by atoms with Gasteiger partial charge in [-0.05, 0) is 179 Å². The molecule has 118 heavy (non-hydrogen) atoms. The number of halogens is 1. The predicted octanol–water partition coefficient (Wildman–Crippen LogP) is 9.81. The maximum absolute atomic E-state index is 12.5. The van der Waals surface area contributed by atoms with Crippen molar-refractivity contribution in [2.24, 2.45) is 35.1 Å². The van der Waals surface area contributed by atoms with E-state index < -0.39 is 94.9 Å². The summed E-state index contributed by atoms with van der Waals surface area (Å²) < 4.78 is 34.3. The van der Waals surface area contributed by atoms with Gasteiger partial charge in [-0.25, -0.2) is 38.4 Å². The van der Waals surface area contributed by atoms with Crippen molar-refractivity contribution < 1.29 is 132 Å². The number of fused-ring (bicyclic) bond motifs is 8. The van der Waals surface area contributed by atoms with E-state index >= 15 is 0 Å². The van der Waals surface area contributed by atoms with Gasteiger partial charge in [-0.15, -0.1) is 12.4 Å². The van der Waals surface area contributed by atoms with E-state index in [4.69, 9.17) is 39.9 Å². The molecule has 4 aliphatic heterocycles. The van der Waals surface area contributed by atoms with Gasteiger partial charge < -0.3 is 88.2 Å². The Morgan fingerprint density at radius 3 is 0.907 bits per heavy atom. The van der Waals surface area contributed by atoms with Gasteiger partial charge in [0.2, 0.25) is 23.6 Å². The smallest absolute Gasteiger partial charge is 1.00 e. The quantitative estimate of drug-likeness (QED) is 0.0371. The van der Waals surface area contributed by atoms with Gasteiger partial charge >= 0.3 is 77.9 Å². The number of nitrogens with two attached hydrogens (primary N) is 2. The molecule has 6 amide bonds. The summed E-state index contributed by atoms with van der Waals surface area (Å²) in [6, 6.07) is 26.8. The molecule has 0 fully saturated rings. The summed E-state index contributed by atoms with van der Waals surface area (Å²) in [7, 11) is 2.64. The van der Waals surface area contributed by atoms with E-state index in [1.807, 2.05) is 139 Å². The third-order valence-electron chi connectivity index (χ3n) is 18.7. The van der Waals surface area contributed by atoms with Gasteiger partial charge in [0.1, 0.15) is 46.6 Å². The molecule has 8 rings (SSSR count). The molecule has 12 N–H and O–H groups in total. The van der Waals surface area contributed by atoms with Crippen LogP contribution in [0.3, 0.4) is 0 Å². The molecular formula is C86H128BClN8NaO21. The molecule has 0 aliphatic carbocycles. The molecule has 4 aromatic rings. The van der Waals surface area contributed by atoms with Crippen LogP contribution in [0.15, 0.2) is 97.1 Å². The number of benzene rings is 4. The maximum Gasteiger partial charge on any atom is 1.00 e. The summed E-state index contributed by atoms with van der Waals surface area (Å²) in [5, 5.41) is 35.5. The third-order valence-corrected chi connectivity index (χ3v) is 18.7. The zero-order valence-corrected chi connectivity index (χ0v) is 75.1. The number of amides is 6. The van der Waals surface area contributed by atoms with Crippen molar-refractivity contribution in [1.82, 2.24) is 31.9 Å². The molecule has 0 aromatic heterocycles. The Balaban J connectivity index is 0.00000147. The predicted molar refractivity (Wildman–Crippen MR) is 445 cm³/mol. The number of alkyl carbamates (subject to hydrolysis) is 2. The second-order valence-corrected chi connectivity index (χ2v) is 33.7. The minimum absolute atomic E-state index is 0. The monoisotopic (exact) mass is 1680 g/mol. The molecule has 4 aromatic carbocycles. The molecule has 0 spiro atoms. The Morgan fingerprint density at radius 2 is 0.644 bits per heavy atom. The Bertz CT molecular complexity index is 3920. The number of hydrogen-bond acceptors (Lipinski definition) is 21. The molecule has 29 nitrogen and oxygen atoms in total. The van der Waals surface area contributed by atoms with Crippen LogP contribution in [0.1, 0.15) is 258 Å². The van der Waals surface area contributed by atoms with E-state index in [1.54, 1.807) is 69.2 Å². The van der Waals surface area contributed by atoms with E-state index in [0.29, 0.717) is 51.4 Å². The number of carboxylic acids is 2. The van der Waals surface area contributed by atoms with Crippen LogP contribution in [-0.2, 0) is 97.2 Å². The van der Waals surface area contributed by atoms with Crippen LogP contribution >= 0.6 is 12.4 Å². The number of carbonyl (C=O) groups excluding carboxylic acids is 10. The molecule has 0 saturated heterocycles. The largest absolute Gasteiger partial charge is 1.00 e. The molecule has 4 heterocycles. The van der Waals surface area contributed by atoms with E-state index in [9.17, 15) is 67.7 Å². The molecule has 32 heteroatoms. The van der Waals surface area contributed by atoms with Crippen molar-refractivity contribution in [1.29, 1.82) is 0 Å². The number of carbonyl (C=O) groups is 12. The minimum atomic E-state index is -1.06. The molecule has 4 unspecified atom stereocenters. The van der Waals surface area contributed by atoms with Crippen LogP contribution in [0.5, 0.6) is 0 Å². The number of ether oxygens (including phenoxy) is 7. The summed E-state index contributed by atoms with van der Waals surface area (Å²) >= 11 is 0. The Hall–Kier alpha value is -8.81. The number of hydrogen-bond donors (Lipinski definition) is 10. The van der Waals surface area contributed by atoms with Gasteiger partial charge in [-0.3, -0.25) is 19.2 Å².